The van der Waals surface area contributed by atoms with Crippen molar-refractivity contribution in [2.75, 3.05) is 6.79 Å². The number of benzene rings is 1. The summed E-state index contributed by atoms with van der Waals surface area (Å²) in [6.45, 7) is 2.50. The summed E-state index contributed by atoms with van der Waals surface area (Å²) in [5.41, 5.74) is 7.21. The van der Waals surface area contributed by atoms with Crippen LogP contribution in [0.3, 0.4) is 0 Å². The van der Waals surface area contributed by atoms with Gasteiger partial charge in [-0.3, -0.25) is 0 Å². The van der Waals surface area contributed by atoms with E-state index in [9.17, 15) is 0 Å². The van der Waals surface area contributed by atoms with Crippen LogP contribution in [-0.2, 0) is 0 Å². The SMILES string of the molecule is CCCC[C@H](N)c1ccc2c(c1)OCO2.Cl. The Bertz CT molecular complexity index is 344. The van der Waals surface area contributed by atoms with Gasteiger partial charge in [0.25, 0.3) is 0 Å². The molecule has 2 rings (SSSR count). The molecule has 0 saturated heterocycles. The second-order valence-corrected chi connectivity index (χ2v) is 3.86. The van der Waals surface area contributed by atoms with Crippen LogP contribution in [0.2, 0.25) is 0 Å². The van der Waals surface area contributed by atoms with E-state index < -0.39 is 0 Å². The first-order valence-electron chi connectivity index (χ1n) is 5.46. The molecule has 1 aromatic carbocycles. The fourth-order valence-corrected chi connectivity index (χ4v) is 1.73. The van der Waals surface area contributed by atoms with Gasteiger partial charge in [-0.05, 0) is 24.1 Å². The number of halogens is 1. The van der Waals surface area contributed by atoms with Gasteiger partial charge >= 0.3 is 0 Å². The van der Waals surface area contributed by atoms with Crippen molar-refractivity contribution in [2.45, 2.75) is 32.2 Å². The number of hydrogen-bond donors (Lipinski definition) is 1. The normalized spacial score (nSPS) is 14.4. The third kappa shape index (κ3) is 2.80. The molecule has 0 fully saturated rings. The van der Waals surface area contributed by atoms with E-state index in [1.807, 2.05) is 18.2 Å². The highest BCUT2D eigenvalue weighted by Crippen LogP contribution is 2.34. The van der Waals surface area contributed by atoms with Crippen molar-refractivity contribution in [2.24, 2.45) is 5.73 Å². The Labute approximate surface area is 102 Å². The van der Waals surface area contributed by atoms with Gasteiger partial charge in [-0.15, -0.1) is 12.4 Å². The molecule has 0 radical (unpaired) electrons. The molecule has 0 saturated carbocycles. The average molecular weight is 244 g/mol. The van der Waals surface area contributed by atoms with Crippen LogP contribution in [0, 0.1) is 0 Å². The lowest BCUT2D eigenvalue weighted by molar-refractivity contribution is 0.174. The second kappa shape index (κ2) is 5.97. The minimum absolute atomic E-state index is 0. The zero-order valence-electron chi connectivity index (χ0n) is 9.44. The Hall–Kier alpha value is -0.930. The first kappa shape index (κ1) is 13.1. The van der Waals surface area contributed by atoms with Crippen LogP contribution in [0.15, 0.2) is 18.2 Å². The minimum atomic E-state index is 0. The van der Waals surface area contributed by atoms with Gasteiger partial charge in [0.2, 0.25) is 6.79 Å². The fraction of sp³-hybridized carbons (Fsp3) is 0.500. The summed E-state index contributed by atoms with van der Waals surface area (Å²) in [5.74, 6) is 1.64. The lowest BCUT2D eigenvalue weighted by Gasteiger charge is -2.11. The van der Waals surface area contributed by atoms with E-state index in [1.54, 1.807) is 0 Å². The standard InChI is InChI=1S/C12H17NO2.ClH/c1-2-3-4-10(13)9-5-6-11-12(7-9)15-8-14-11;/h5-7,10H,2-4,8,13H2,1H3;1H/t10-;/m0./s1. The zero-order valence-corrected chi connectivity index (χ0v) is 10.3. The van der Waals surface area contributed by atoms with Crippen LogP contribution in [-0.4, -0.2) is 6.79 Å². The van der Waals surface area contributed by atoms with E-state index in [-0.39, 0.29) is 18.4 Å². The van der Waals surface area contributed by atoms with Crippen LogP contribution in [0.4, 0.5) is 0 Å². The summed E-state index contributed by atoms with van der Waals surface area (Å²) in [7, 11) is 0. The van der Waals surface area contributed by atoms with Crippen LogP contribution in [0.5, 0.6) is 11.5 Å². The molecule has 1 heterocycles. The van der Waals surface area contributed by atoms with Gasteiger partial charge in [-0.25, -0.2) is 0 Å². The summed E-state index contributed by atoms with van der Waals surface area (Å²) >= 11 is 0. The maximum Gasteiger partial charge on any atom is 0.231 e. The van der Waals surface area contributed by atoms with E-state index in [2.05, 4.69) is 6.92 Å². The van der Waals surface area contributed by atoms with Crippen LogP contribution >= 0.6 is 12.4 Å². The van der Waals surface area contributed by atoms with E-state index in [1.165, 1.54) is 6.42 Å². The Kier molecular flexibility index (Phi) is 4.90. The molecule has 16 heavy (non-hydrogen) atoms. The molecular formula is C12H18ClNO2. The van der Waals surface area contributed by atoms with Gasteiger partial charge in [0.15, 0.2) is 11.5 Å². The Morgan fingerprint density at radius 3 is 2.81 bits per heavy atom. The lowest BCUT2D eigenvalue weighted by Crippen LogP contribution is -2.09. The molecule has 0 unspecified atom stereocenters. The summed E-state index contributed by atoms with van der Waals surface area (Å²) in [6.07, 6.45) is 3.37. The van der Waals surface area contributed by atoms with Gasteiger partial charge in [-0.2, -0.15) is 0 Å². The van der Waals surface area contributed by atoms with Crippen molar-refractivity contribution in [1.29, 1.82) is 0 Å². The molecular weight excluding hydrogens is 226 g/mol. The Balaban J connectivity index is 0.00000128. The van der Waals surface area contributed by atoms with Crippen molar-refractivity contribution in [1.82, 2.24) is 0 Å². The molecule has 0 aromatic heterocycles. The molecule has 1 aliphatic heterocycles. The van der Waals surface area contributed by atoms with Crippen molar-refractivity contribution < 1.29 is 9.47 Å². The van der Waals surface area contributed by atoms with Crippen LogP contribution in [0.25, 0.3) is 0 Å². The molecule has 90 valence electrons. The maximum absolute atomic E-state index is 6.08. The number of ether oxygens (including phenoxy) is 2. The van der Waals surface area contributed by atoms with E-state index in [0.717, 1.165) is 29.9 Å². The van der Waals surface area contributed by atoms with Gasteiger partial charge in [0.05, 0.1) is 0 Å². The molecule has 0 amide bonds. The third-order valence-corrected chi connectivity index (χ3v) is 2.69. The maximum atomic E-state index is 6.08. The molecule has 0 spiro atoms. The highest BCUT2D eigenvalue weighted by molar-refractivity contribution is 5.85. The fourth-order valence-electron chi connectivity index (χ4n) is 1.73. The monoisotopic (exact) mass is 243 g/mol. The van der Waals surface area contributed by atoms with Crippen molar-refractivity contribution in [3.8, 4) is 11.5 Å². The number of nitrogens with two attached hydrogens (primary N) is 1. The molecule has 1 atom stereocenters. The first-order valence-corrected chi connectivity index (χ1v) is 5.46. The third-order valence-electron chi connectivity index (χ3n) is 2.69. The average Bonchev–Trinajstić information content (AvgIpc) is 2.72. The predicted molar refractivity (Wildman–Crippen MR) is 66.3 cm³/mol. The van der Waals surface area contributed by atoms with Crippen LogP contribution < -0.4 is 15.2 Å². The van der Waals surface area contributed by atoms with Crippen molar-refractivity contribution >= 4 is 12.4 Å². The van der Waals surface area contributed by atoms with E-state index in [0.29, 0.717) is 6.79 Å². The number of unbranched alkanes of at least 4 members (excludes halogenated alkanes) is 1. The molecule has 1 aromatic rings. The Morgan fingerprint density at radius 2 is 2.06 bits per heavy atom. The number of rotatable bonds is 4. The number of fused-ring (bicyclic) bond motifs is 1. The van der Waals surface area contributed by atoms with E-state index in [4.69, 9.17) is 15.2 Å². The highest BCUT2D eigenvalue weighted by atomic mass is 35.5. The first-order chi connectivity index (χ1) is 7.31. The Morgan fingerprint density at radius 1 is 1.31 bits per heavy atom. The summed E-state index contributed by atoms with van der Waals surface area (Å²) in [6, 6.07) is 6.06. The van der Waals surface area contributed by atoms with Gasteiger partial charge in [0.1, 0.15) is 0 Å². The molecule has 4 heteroatoms. The second-order valence-electron chi connectivity index (χ2n) is 3.86. The van der Waals surface area contributed by atoms with Crippen molar-refractivity contribution in [3.63, 3.8) is 0 Å². The minimum Gasteiger partial charge on any atom is -0.454 e. The lowest BCUT2D eigenvalue weighted by atomic mass is 10.0. The largest absolute Gasteiger partial charge is 0.454 e. The van der Waals surface area contributed by atoms with Gasteiger partial charge in [-0.1, -0.05) is 25.8 Å². The quantitative estimate of drug-likeness (QED) is 0.884. The van der Waals surface area contributed by atoms with E-state index >= 15 is 0 Å². The molecule has 2 N–H and O–H groups in total. The summed E-state index contributed by atoms with van der Waals surface area (Å²) < 4.78 is 10.6. The van der Waals surface area contributed by atoms with Gasteiger partial charge in [0, 0.05) is 6.04 Å². The topological polar surface area (TPSA) is 44.5 Å². The summed E-state index contributed by atoms with van der Waals surface area (Å²) in [4.78, 5) is 0. The predicted octanol–water partition coefficient (Wildman–Crippen LogP) is 3.03. The molecule has 0 aliphatic carbocycles. The van der Waals surface area contributed by atoms with Crippen molar-refractivity contribution in [3.05, 3.63) is 23.8 Å². The smallest absolute Gasteiger partial charge is 0.231 e. The number of hydrogen-bond acceptors (Lipinski definition) is 3. The summed E-state index contributed by atoms with van der Waals surface area (Å²) in [5, 5.41) is 0. The van der Waals surface area contributed by atoms with Crippen LogP contribution in [0.1, 0.15) is 37.8 Å². The molecule has 1 aliphatic rings. The molecule has 0 bridgehead atoms. The highest BCUT2D eigenvalue weighted by Gasteiger charge is 2.15. The van der Waals surface area contributed by atoms with Gasteiger partial charge < -0.3 is 15.2 Å². The zero-order chi connectivity index (χ0) is 10.7. The molecule has 3 nitrogen and oxygen atoms in total.